The molecule has 11 rings (SSSR count). The molecule has 11 aromatic rings. The molecule has 11 aromatic carbocycles. The monoisotopic (exact) mass is 697 g/mol. The molecular weight excluding hydrogens is 663 g/mol. The summed E-state index contributed by atoms with van der Waals surface area (Å²) < 4.78 is 0. The summed E-state index contributed by atoms with van der Waals surface area (Å²) in [5.41, 5.74) is 8.20. The molecular formula is C54H35N. The summed E-state index contributed by atoms with van der Waals surface area (Å²) in [5.74, 6) is 0. The Morgan fingerprint density at radius 1 is 0.218 bits per heavy atom. The molecule has 0 fully saturated rings. The molecule has 0 aliphatic carbocycles. The minimum absolute atomic E-state index is 1.11. The van der Waals surface area contributed by atoms with Crippen molar-refractivity contribution in [1.82, 2.24) is 0 Å². The lowest BCUT2D eigenvalue weighted by atomic mass is 9.94. The van der Waals surface area contributed by atoms with Crippen LogP contribution in [-0.4, -0.2) is 0 Å². The van der Waals surface area contributed by atoms with Gasteiger partial charge in [0, 0.05) is 17.1 Å². The van der Waals surface area contributed by atoms with Crippen molar-refractivity contribution in [2.75, 3.05) is 4.90 Å². The molecule has 0 aromatic heterocycles. The maximum absolute atomic E-state index is 2.38. The van der Waals surface area contributed by atoms with Gasteiger partial charge in [-0.3, -0.25) is 0 Å². The summed E-state index contributed by atoms with van der Waals surface area (Å²) >= 11 is 0. The van der Waals surface area contributed by atoms with Crippen molar-refractivity contribution in [2.45, 2.75) is 0 Å². The Morgan fingerprint density at radius 3 is 1.27 bits per heavy atom. The fourth-order valence-corrected chi connectivity index (χ4v) is 8.66. The molecule has 0 saturated carbocycles. The topological polar surface area (TPSA) is 3.24 Å². The molecule has 0 saturated heterocycles. The van der Waals surface area contributed by atoms with E-state index in [2.05, 4.69) is 217 Å². The van der Waals surface area contributed by atoms with Crippen LogP contribution in [0.2, 0.25) is 0 Å². The molecule has 256 valence electrons. The molecule has 0 amide bonds. The van der Waals surface area contributed by atoms with Gasteiger partial charge in [0.05, 0.1) is 0 Å². The van der Waals surface area contributed by atoms with Crippen molar-refractivity contribution in [2.24, 2.45) is 0 Å². The van der Waals surface area contributed by atoms with E-state index in [1.165, 1.54) is 86.9 Å². The third kappa shape index (κ3) is 5.32. The van der Waals surface area contributed by atoms with Gasteiger partial charge in [-0.1, -0.05) is 170 Å². The molecule has 0 N–H and O–H groups in total. The zero-order valence-corrected chi connectivity index (χ0v) is 30.2. The van der Waals surface area contributed by atoms with Crippen molar-refractivity contribution in [1.29, 1.82) is 0 Å². The Kier molecular flexibility index (Phi) is 7.25. The number of anilines is 3. The van der Waals surface area contributed by atoms with Gasteiger partial charge in [0.2, 0.25) is 0 Å². The molecule has 1 nitrogen and oxygen atoms in total. The Morgan fingerprint density at radius 2 is 0.636 bits per heavy atom. The maximum Gasteiger partial charge on any atom is 0.0468 e. The van der Waals surface area contributed by atoms with Gasteiger partial charge in [0.1, 0.15) is 0 Å². The van der Waals surface area contributed by atoms with E-state index in [9.17, 15) is 0 Å². The first kappa shape index (κ1) is 31.3. The van der Waals surface area contributed by atoms with Gasteiger partial charge in [-0.2, -0.15) is 0 Å². The Bertz CT molecular complexity index is 3250. The summed E-state index contributed by atoms with van der Waals surface area (Å²) in [6.45, 7) is 0. The van der Waals surface area contributed by atoms with Crippen LogP contribution >= 0.6 is 0 Å². The van der Waals surface area contributed by atoms with Crippen LogP contribution in [0.3, 0.4) is 0 Å². The van der Waals surface area contributed by atoms with Crippen LogP contribution in [0.5, 0.6) is 0 Å². The van der Waals surface area contributed by atoms with E-state index >= 15 is 0 Å². The standard InChI is InChI=1S/C54H35N/c1-4-11-47-37(8-1)16-18-42-34-41(25-31-51(42)47)36-20-26-44(27-21-36)55(46-30-33-52-43(35-46)19-17-38-9-2-5-12-48(38)52)45-28-22-40(23-29-45)50-14-7-15-53-49-13-6-3-10-39(49)24-32-54(50)53/h1-35H. The largest absolute Gasteiger partial charge is 0.310 e. The number of fused-ring (bicyclic) bond motifs is 9. The molecule has 0 heterocycles. The molecule has 1 heteroatoms. The fraction of sp³-hybridized carbons (Fsp3) is 0. The van der Waals surface area contributed by atoms with Crippen molar-refractivity contribution >= 4 is 81.7 Å². The zero-order chi connectivity index (χ0) is 36.3. The van der Waals surface area contributed by atoms with Gasteiger partial charge in [-0.05, 0) is 129 Å². The first-order valence-corrected chi connectivity index (χ1v) is 19.0. The zero-order valence-electron chi connectivity index (χ0n) is 30.2. The summed E-state index contributed by atoms with van der Waals surface area (Å²) in [6, 6.07) is 77.9. The van der Waals surface area contributed by atoms with Crippen LogP contribution in [0, 0.1) is 0 Å². The number of nitrogens with zero attached hydrogens (tertiary/aromatic N) is 1. The van der Waals surface area contributed by atoms with E-state index in [0.29, 0.717) is 0 Å². The molecule has 0 aliphatic rings. The summed E-state index contributed by atoms with van der Waals surface area (Å²) in [5, 5.41) is 15.2. The minimum atomic E-state index is 1.11. The average Bonchev–Trinajstić information content (AvgIpc) is 3.26. The van der Waals surface area contributed by atoms with E-state index in [1.807, 2.05) is 0 Å². The van der Waals surface area contributed by atoms with Crippen LogP contribution in [0.15, 0.2) is 212 Å². The summed E-state index contributed by atoms with van der Waals surface area (Å²) in [7, 11) is 0. The van der Waals surface area contributed by atoms with Gasteiger partial charge in [0.25, 0.3) is 0 Å². The van der Waals surface area contributed by atoms with Gasteiger partial charge >= 0.3 is 0 Å². The lowest BCUT2D eigenvalue weighted by Gasteiger charge is -2.26. The molecule has 0 radical (unpaired) electrons. The van der Waals surface area contributed by atoms with Gasteiger partial charge < -0.3 is 4.90 Å². The quantitative estimate of drug-likeness (QED) is 0.162. The maximum atomic E-state index is 2.38. The predicted molar refractivity (Wildman–Crippen MR) is 237 cm³/mol. The molecule has 0 spiro atoms. The number of hydrogen-bond acceptors (Lipinski definition) is 1. The Labute approximate surface area is 320 Å². The van der Waals surface area contributed by atoms with Gasteiger partial charge in [-0.15, -0.1) is 0 Å². The van der Waals surface area contributed by atoms with E-state index in [1.54, 1.807) is 0 Å². The predicted octanol–water partition coefficient (Wildman–Crippen LogP) is 15.4. The molecule has 0 bridgehead atoms. The molecule has 55 heavy (non-hydrogen) atoms. The lowest BCUT2D eigenvalue weighted by molar-refractivity contribution is 1.29. The van der Waals surface area contributed by atoms with Crippen LogP contribution in [0.25, 0.3) is 86.9 Å². The van der Waals surface area contributed by atoms with Gasteiger partial charge in [-0.25, -0.2) is 0 Å². The first-order valence-electron chi connectivity index (χ1n) is 19.0. The van der Waals surface area contributed by atoms with Crippen LogP contribution in [-0.2, 0) is 0 Å². The highest BCUT2D eigenvalue weighted by molar-refractivity contribution is 6.13. The second-order valence-corrected chi connectivity index (χ2v) is 14.5. The molecule has 0 unspecified atom stereocenters. The normalized spacial score (nSPS) is 11.6. The summed E-state index contributed by atoms with van der Waals surface area (Å²) in [6.07, 6.45) is 0. The van der Waals surface area contributed by atoms with Crippen molar-refractivity contribution in [3.63, 3.8) is 0 Å². The highest BCUT2D eigenvalue weighted by atomic mass is 15.1. The third-order valence-electron chi connectivity index (χ3n) is 11.4. The number of hydrogen-bond donors (Lipinski definition) is 0. The average molecular weight is 698 g/mol. The van der Waals surface area contributed by atoms with Crippen molar-refractivity contribution in [3.05, 3.63) is 212 Å². The highest BCUT2D eigenvalue weighted by Gasteiger charge is 2.16. The van der Waals surface area contributed by atoms with Crippen molar-refractivity contribution in [3.8, 4) is 22.3 Å². The van der Waals surface area contributed by atoms with Crippen LogP contribution < -0.4 is 4.90 Å². The van der Waals surface area contributed by atoms with E-state index in [4.69, 9.17) is 0 Å². The SMILES string of the molecule is c1ccc2c(c1)ccc1cc(-c3ccc(N(c4ccc(-c5cccc6c5ccc5ccccc56)cc4)c4ccc5c(ccc6ccccc65)c4)cc3)ccc12. The summed E-state index contributed by atoms with van der Waals surface area (Å²) in [4.78, 5) is 2.38. The smallest absolute Gasteiger partial charge is 0.0468 e. The fourth-order valence-electron chi connectivity index (χ4n) is 8.66. The van der Waals surface area contributed by atoms with E-state index < -0.39 is 0 Å². The van der Waals surface area contributed by atoms with E-state index in [-0.39, 0.29) is 0 Å². The Balaban J connectivity index is 1.01. The lowest BCUT2D eigenvalue weighted by Crippen LogP contribution is -2.09. The number of rotatable bonds is 5. The first-order chi connectivity index (χ1) is 27.2. The Hall–Kier alpha value is -7.22. The second kappa shape index (κ2) is 12.7. The van der Waals surface area contributed by atoms with Crippen LogP contribution in [0.4, 0.5) is 17.1 Å². The second-order valence-electron chi connectivity index (χ2n) is 14.5. The molecule has 0 atom stereocenters. The van der Waals surface area contributed by atoms with Crippen LogP contribution in [0.1, 0.15) is 0 Å². The third-order valence-corrected chi connectivity index (χ3v) is 11.4. The van der Waals surface area contributed by atoms with E-state index in [0.717, 1.165) is 17.1 Å². The van der Waals surface area contributed by atoms with Crippen molar-refractivity contribution < 1.29 is 0 Å². The molecule has 0 aliphatic heterocycles. The highest BCUT2D eigenvalue weighted by Crippen LogP contribution is 2.40. The number of benzene rings is 11. The van der Waals surface area contributed by atoms with Gasteiger partial charge in [0.15, 0.2) is 0 Å². The minimum Gasteiger partial charge on any atom is -0.310 e.